The summed E-state index contributed by atoms with van der Waals surface area (Å²) in [7, 11) is 0. The van der Waals surface area contributed by atoms with Gasteiger partial charge in [-0.2, -0.15) is 0 Å². The van der Waals surface area contributed by atoms with E-state index >= 15 is 0 Å². The van der Waals surface area contributed by atoms with Crippen LogP contribution in [0.15, 0.2) is 0 Å². The van der Waals surface area contributed by atoms with Gasteiger partial charge in [0, 0.05) is 11.9 Å². The van der Waals surface area contributed by atoms with Crippen molar-refractivity contribution < 1.29 is 19.8 Å². The van der Waals surface area contributed by atoms with Crippen LogP contribution in [0.3, 0.4) is 0 Å². The van der Waals surface area contributed by atoms with Gasteiger partial charge >= 0.3 is 196 Å². The number of aliphatic carboxylic acids is 2. The zero-order valence-electron chi connectivity index (χ0n) is 33.1. The van der Waals surface area contributed by atoms with Gasteiger partial charge in [-0.15, -0.1) is 0 Å². The summed E-state index contributed by atoms with van der Waals surface area (Å²) in [6.45, 7) is 8.90. The van der Waals surface area contributed by atoms with Gasteiger partial charge in [0.15, 0.2) is 0 Å². The number of hydrogen-bond donors (Lipinski definition) is 0. The first-order valence-electron chi connectivity index (χ1n) is 21.1. The quantitative estimate of drug-likeness (QED) is 0.0476. The molecule has 0 aromatic heterocycles. The first-order chi connectivity index (χ1) is 23.4. The SMILES string of the molecule is CCCCCCCCC(=O)[O-].CCCCCCCCC(=O)[O-].CCCCCCCCCCC[CH2][Sn+3].CCCCCCCCCCC[CH2][Sn+3]. The molecule has 0 unspecified atom stereocenters. The second-order valence-corrected chi connectivity index (χ2v) is 16.5. The molecule has 4 nitrogen and oxygen atoms in total. The van der Waals surface area contributed by atoms with Gasteiger partial charge in [-0.05, 0) is 25.7 Å². The van der Waals surface area contributed by atoms with E-state index < -0.39 is 11.9 Å². The van der Waals surface area contributed by atoms with Crippen molar-refractivity contribution in [3.05, 3.63) is 0 Å². The number of carbonyl (C=O) groups excluding carboxylic acids is 2. The van der Waals surface area contributed by atoms with Crippen LogP contribution < -0.4 is 10.2 Å². The van der Waals surface area contributed by atoms with Crippen LogP contribution in [-0.2, 0) is 9.59 Å². The van der Waals surface area contributed by atoms with Crippen LogP contribution in [0.5, 0.6) is 0 Å². The Kier molecular flexibility index (Phi) is 65.5. The minimum atomic E-state index is -0.916. The van der Waals surface area contributed by atoms with Crippen molar-refractivity contribution in [2.24, 2.45) is 0 Å². The Balaban J connectivity index is -0.000000270. The maximum absolute atomic E-state index is 9.98. The average Bonchev–Trinajstić information content (AvgIpc) is 3.07. The maximum atomic E-state index is 9.98. The van der Waals surface area contributed by atoms with Gasteiger partial charge in [-0.1, -0.05) is 78.1 Å². The van der Waals surface area contributed by atoms with E-state index in [-0.39, 0.29) is 12.8 Å². The fourth-order valence-electron chi connectivity index (χ4n) is 5.32. The molecule has 0 aromatic carbocycles. The van der Waals surface area contributed by atoms with E-state index in [0.717, 1.165) is 25.7 Å². The second kappa shape index (κ2) is 56.9. The van der Waals surface area contributed by atoms with Crippen LogP contribution in [0.2, 0.25) is 8.87 Å². The van der Waals surface area contributed by atoms with Crippen LogP contribution in [0.1, 0.15) is 246 Å². The van der Waals surface area contributed by atoms with Gasteiger partial charge in [0.2, 0.25) is 0 Å². The third-order valence-electron chi connectivity index (χ3n) is 8.53. The Hall–Kier alpha value is 0.537. The normalized spacial score (nSPS) is 10.3. The first kappa shape index (κ1) is 55.3. The van der Waals surface area contributed by atoms with E-state index in [0.29, 0.717) is 0 Å². The first-order valence-corrected chi connectivity index (χ1v) is 25.1. The molecule has 6 heteroatoms. The van der Waals surface area contributed by atoms with Crippen molar-refractivity contribution in [2.45, 2.75) is 255 Å². The fourth-order valence-corrected chi connectivity index (χ4v) is 6.75. The van der Waals surface area contributed by atoms with Gasteiger partial charge in [0.1, 0.15) is 0 Å². The molecule has 0 saturated heterocycles. The van der Waals surface area contributed by atoms with E-state index in [9.17, 15) is 19.8 Å². The van der Waals surface area contributed by atoms with Crippen LogP contribution >= 0.6 is 0 Å². The number of rotatable bonds is 34. The zero-order valence-corrected chi connectivity index (χ0v) is 38.8. The predicted octanol–water partition coefficient (Wildman–Crippen LogP) is 12.0. The summed E-state index contributed by atoms with van der Waals surface area (Å²) in [5.74, 6) is -1.83. The number of unbranched alkanes of at least 4 members (excludes halogenated alkanes) is 28. The molecule has 0 aliphatic rings. The van der Waals surface area contributed by atoms with Gasteiger partial charge < -0.3 is 19.8 Å². The summed E-state index contributed by atoms with van der Waals surface area (Å²) in [4.78, 5) is 20.0. The molecule has 0 rings (SSSR count). The molecular formula is C42H84O4Sn2+4. The molecule has 0 saturated carbocycles. The van der Waals surface area contributed by atoms with Gasteiger partial charge in [0.25, 0.3) is 0 Å². The van der Waals surface area contributed by atoms with E-state index in [1.165, 1.54) is 189 Å². The van der Waals surface area contributed by atoms with Crippen molar-refractivity contribution in [2.75, 3.05) is 0 Å². The third kappa shape index (κ3) is 72.3. The molecule has 0 radical (unpaired) electrons. The van der Waals surface area contributed by atoms with Gasteiger partial charge in [0.05, 0.1) is 0 Å². The summed E-state index contributed by atoms with van der Waals surface area (Å²) < 4.78 is 2.92. The van der Waals surface area contributed by atoms with Crippen molar-refractivity contribution in [1.82, 2.24) is 0 Å². The summed E-state index contributed by atoms with van der Waals surface area (Å²) in [5.41, 5.74) is 0. The van der Waals surface area contributed by atoms with E-state index in [2.05, 4.69) is 27.7 Å². The molecule has 48 heavy (non-hydrogen) atoms. The third-order valence-corrected chi connectivity index (χ3v) is 10.5. The molecule has 0 heterocycles. The molecule has 0 amide bonds. The van der Waals surface area contributed by atoms with Crippen molar-refractivity contribution in [3.63, 3.8) is 0 Å². The predicted molar refractivity (Wildman–Crippen MR) is 211 cm³/mol. The summed E-state index contributed by atoms with van der Waals surface area (Å²) >= 11 is 3.43. The number of carboxylic acid groups (broad SMARTS) is 2. The number of hydrogen-bond acceptors (Lipinski definition) is 4. The van der Waals surface area contributed by atoms with Crippen LogP contribution in [0.25, 0.3) is 0 Å². The van der Waals surface area contributed by atoms with Crippen molar-refractivity contribution in [1.29, 1.82) is 0 Å². The Morgan fingerprint density at radius 1 is 0.312 bits per heavy atom. The van der Waals surface area contributed by atoms with Crippen LogP contribution in [0.4, 0.5) is 0 Å². The molecule has 0 fully saturated rings. The molecule has 280 valence electrons. The summed E-state index contributed by atoms with van der Waals surface area (Å²) in [6.07, 6.45) is 43.3. The number of carboxylic acids is 2. The molecule has 0 bridgehead atoms. The number of carbonyl (C=O) groups is 2. The minimum absolute atomic E-state index is 0.228. The zero-order chi connectivity index (χ0) is 36.6. The van der Waals surface area contributed by atoms with E-state index in [4.69, 9.17) is 0 Å². The fraction of sp³-hybridized carbons (Fsp3) is 0.952. The molecule has 0 spiro atoms. The monoisotopic (exact) mass is 892 g/mol. The average molecular weight is 891 g/mol. The Morgan fingerprint density at radius 3 is 0.646 bits per heavy atom. The van der Waals surface area contributed by atoms with Crippen molar-refractivity contribution >= 4 is 57.0 Å². The molecule has 0 atom stereocenters. The summed E-state index contributed by atoms with van der Waals surface area (Å²) in [5, 5.41) is 20.0. The second-order valence-electron chi connectivity index (χ2n) is 13.6. The van der Waals surface area contributed by atoms with Gasteiger partial charge in [-0.3, -0.25) is 0 Å². The topological polar surface area (TPSA) is 80.3 Å². The molecule has 0 N–H and O–H groups in total. The molecule has 0 aliphatic heterocycles. The Labute approximate surface area is 329 Å². The van der Waals surface area contributed by atoms with E-state index in [1.54, 1.807) is 45.0 Å². The van der Waals surface area contributed by atoms with Crippen LogP contribution in [0, 0.1) is 0 Å². The molecule has 0 aliphatic carbocycles. The van der Waals surface area contributed by atoms with Crippen molar-refractivity contribution in [3.8, 4) is 0 Å². The van der Waals surface area contributed by atoms with Gasteiger partial charge in [-0.25, -0.2) is 0 Å². The Bertz CT molecular complexity index is 492. The molecular weight excluding hydrogens is 806 g/mol. The van der Waals surface area contributed by atoms with Crippen LogP contribution in [-0.4, -0.2) is 57.0 Å². The summed E-state index contributed by atoms with van der Waals surface area (Å²) in [6, 6.07) is 0. The Morgan fingerprint density at radius 2 is 0.479 bits per heavy atom. The van der Waals surface area contributed by atoms with E-state index in [1.807, 2.05) is 0 Å². The molecule has 0 aromatic rings. The standard InChI is InChI=1S/2C12H25.2C9H18O2.2Sn/c2*1-3-5-7-9-11-12-10-8-6-4-2;2*1-2-3-4-5-6-7-8-9(10)11;;/h2*1,3-12H2,2H3;2*2-8H2,1H3,(H,10,11);;/q;;;;2*+3/p-2.